The van der Waals surface area contributed by atoms with Gasteiger partial charge in [0.25, 0.3) is 11.8 Å². The molecule has 4 aliphatic heterocycles. The summed E-state index contributed by atoms with van der Waals surface area (Å²) in [6.45, 7) is 7.31. The van der Waals surface area contributed by atoms with Gasteiger partial charge in [0.15, 0.2) is 5.60 Å². The second kappa shape index (κ2) is 14.8. The average molecular weight is 828 g/mol. The quantitative estimate of drug-likeness (QED) is 0.148. The zero-order valence-corrected chi connectivity index (χ0v) is 35.9. The highest BCUT2D eigenvalue weighted by Gasteiger charge is 2.66. The Hall–Kier alpha value is -6.07. The maximum atomic E-state index is 15.7. The van der Waals surface area contributed by atoms with Crippen molar-refractivity contribution in [2.75, 3.05) is 23.5 Å². The number of ether oxygens (including phenoxy) is 2. The first-order valence-electron chi connectivity index (χ1n) is 21.2. The fourth-order valence-electron chi connectivity index (χ4n) is 11.1. The molecule has 6 aromatic rings. The molecular weight excluding hydrogens is 779 g/mol. The zero-order valence-electron chi connectivity index (χ0n) is 34.9. The fraction of sp³-hybridized carbons (Fsp3) is 0.275. The molecule has 10 heteroatoms. The van der Waals surface area contributed by atoms with Crippen LogP contribution in [0.5, 0.6) is 5.75 Å². The summed E-state index contributed by atoms with van der Waals surface area (Å²) in [6, 6.07) is 43.5. The Kier molecular flexibility index (Phi) is 9.50. The van der Waals surface area contributed by atoms with Crippen LogP contribution in [0, 0.1) is 5.92 Å². The van der Waals surface area contributed by atoms with E-state index in [2.05, 4.69) is 38.2 Å². The van der Waals surface area contributed by atoms with Gasteiger partial charge in [0.2, 0.25) is 5.91 Å². The van der Waals surface area contributed by atoms with Gasteiger partial charge in [0, 0.05) is 29.1 Å². The summed E-state index contributed by atoms with van der Waals surface area (Å²) in [6.07, 6.45) is -0.0213. The van der Waals surface area contributed by atoms with E-state index in [1.165, 1.54) is 0 Å². The molecule has 0 aromatic heterocycles. The predicted molar refractivity (Wildman–Crippen MR) is 240 cm³/mol. The highest BCUT2D eigenvalue weighted by molar-refractivity contribution is 6.91. The van der Waals surface area contributed by atoms with Crippen molar-refractivity contribution in [2.24, 2.45) is 5.92 Å². The summed E-state index contributed by atoms with van der Waals surface area (Å²) in [5.74, 6) is -0.0223. The Bertz CT molecular complexity index is 2720. The Labute approximate surface area is 357 Å². The number of carbonyl (C=O) groups excluding carboxylic acids is 3. The third-order valence-electron chi connectivity index (χ3n) is 14.1. The number of fused-ring (bicyclic) bond motifs is 3. The topological polar surface area (TPSA) is 99.6 Å². The van der Waals surface area contributed by atoms with Gasteiger partial charge in [0.1, 0.15) is 5.75 Å². The van der Waals surface area contributed by atoms with Crippen LogP contribution in [-0.4, -0.2) is 61.7 Å². The van der Waals surface area contributed by atoms with Gasteiger partial charge in [-0.05, 0) is 76.5 Å². The Morgan fingerprint density at radius 3 is 2.31 bits per heavy atom. The normalized spacial score (nSPS) is 22.9. The summed E-state index contributed by atoms with van der Waals surface area (Å²) in [5, 5.41) is 13.7. The van der Waals surface area contributed by atoms with Gasteiger partial charge in [-0.1, -0.05) is 116 Å². The molecule has 0 saturated carbocycles. The molecule has 1 spiro atoms. The van der Waals surface area contributed by atoms with E-state index < -0.39 is 19.8 Å². The Morgan fingerprint density at radius 1 is 0.852 bits per heavy atom. The van der Waals surface area contributed by atoms with Gasteiger partial charge in [-0.3, -0.25) is 19.3 Å². The Morgan fingerprint density at radius 2 is 1.57 bits per heavy atom. The van der Waals surface area contributed by atoms with E-state index in [9.17, 15) is 14.7 Å². The number of amides is 3. The lowest BCUT2D eigenvalue weighted by molar-refractivity contribution is -0.151. The van der Waals surface area contributed by atoms with E-state index in [1.54, 1.807) is 12.0 Å². The van der Waals surface area contributed by atoms with Crippen LogP contribution >= 0.6 is 0 Å². The second-order valence-corrected chi connectivity index (χ2v) is 22.3. The van der Waals surface area contributed by atoms with Crippen LogP contribution in [-0.2, 0) is 39.4 Å². The second-order valence-electron chi connectivity index (χ2n) is 17.6. The molecule has 0 unspecified atom stereocenters. The van der Waals surface area contributed by atoms with Crippen LogP contribution < -0.4 is 19.7 Å². The van der Waals surface area contributed by atoms with E-state index in [1.807, 2.05) is 125 Å². The summed E-state index contributed by atoms with van der Waals surface area (Å²) in [5.41, 5.74) is 5.05. The summed E-state index contributed by atoms with van der Waals surface area (Å²) >= 11 is 0. The maximum Gasteiger partial charge on any atom is 0.264 e. The number of anilines is 3. The predicted octanol–water partition coefficient (Wildman–Crippen LogP) is 8.24. The molecule has 0 radical (unpaired) electrons. The third-order valence-corrected chi connectivity index (χ3v) is 18.4. The van der Waals surface area contributed by atoms with Gasteiger partial charge >= 0.3 is 0 Å². The number of nitrogens with zero attached hydrogens (tertiary/aromatic N) is 3. The molecule has 1 fully saturated rings. The van der Waals surface area contributed by atoms with E-state index >= 15 is 4.79 Å². The molecule has 4 heterocycles. The van der Waals surface area contributed by atoms with Gasteiger partial charge in [-0.2, -0.15) is 0 Å². The molecule has 4 aliphatic rings. The van der Waals surface area contributed by atoms with Crippen molar-refractivity contribution < 1.29 is 29.0 Å². The molecule has 10 rings (SSSR count). The first-order valence-corrected chi connectivity index (χ1v) is 24.3. The number of aliphatic hydroxyl groups excluding tert-OH is 1. The highest BCUT2D eigenvalue weighted by atomic mass is 28.3. The number of benzene rings is 6. The van der Waals surface area contributed by atoms with E-state index in [4.69, 9.17) is 9.47 Å². The first-order chi connectivity index (χ1) is 29.5. The molecule has 308 valence electrons. The van der Waals surface area contributed by atoms with Crippen molar-refractivity contribution in [3.05, 3.63) is 161 Å². The molecule has 61 heavy (non-hydrogen) atoms. The summed E-state index contributed by atoms with van der Waals surface area (Å²) in [4.78, 5) is 50.2. The van der Waals surface area contributed by atoms with Gasteiger partial charge in [-0.15, -0.1) is 0 Å². The largest absolute Gasteiger partial charge is 0.497 e. The van der Waals surface area contributed by atoms with Crippen LogP contribution in [0.3, 0.4) is 0 Å². The van der Waals surface area contributed by atoms with Crippen molar-refractivity contribution in [2.45, 2.75) is 69.2 Å². The van der Waals surface area contributed by atoms with Crippen molar-refractivity contribution in [3.8, 4) is 5.75 Å². The minimum Gasteiger partial charge on any atom is -0.497 e. The van der Waals surface area contributed by atoms with Crippen LogP contribution in [0.25, 0.3) is 10.8 Å². The molecule has 1 saturated heterocycles. The first kappa shape index (κ1) is 39.1. The number of hydrogen-bond acceptors (Lipinski definition) is 6. The molecule has 6 aromatic carbocycles. The number of rotatable bonds is 9. The number of hydrogen-bond donors (Lipinski definition) is 1. The molecule has 3 amide bonds. The minimum atomic E-state index is -2.61. The van der Waals surface area contributed by atoms with Crippen molar-refractivity contribution in [1.82, 2.24) is 4.90 Å². The molecule has 0 bridgehead atoms. The lowest BCUT2D eigenvalue weighted by atomic mass is 9.82. The van der Waals surface area contributed by atoms with Crippen molar-refractivity contribution in [3.63, 3.8) is 0 Å². The van der Waals surface area contributed by atoms with Gasteiger partial charge in [-0.25, -0.2) is 0 Å². The smallest absolute Gasteiger partial charge is 0.264 e. The van der Waals surface area contributed by atoms with E-state index in [0.717, 1.165) is 49.8 Å². The number of methoxy groups -OCH3 is 1. The van der Waals surface area contributed by atoms with Crippen molar-refractivity contribution in [1.29, 1.82) is 0 Å². The standard InChI is InChI=1S/C51H49N3O6Si/c1-32-48(61(3,4)40-23-21-39(59-2)22-24-40)45(28-46(56)52-30-36-15-9-8-14-35(36)26-38(52)31-55)60-51(32)42-27-37(20-25-43(42)53(50(51)58)29-33-12-6-5-7-13-33)54-44-19-11-17-34-16-10-18-41(47(34)44)49(54)57/h5-25,27,32,38,45,48,55H,26,28-31H2,1-4H3/t32-,38-,45+,48-,51+/m0/s1. The summed E-state index contributed by atoms with van der Waals surface area (Å²) in [7, 11) is -0.955. The summed E-state index contributed by atoms with van der Waals surface area (Å²) < 4.78 is 13.0. The molecular formula is C51H49N3O6Si. The fourth-order valence-corrected chi connectivity index (χ4v) is 15.1. The average Bonchev–Trinajstić information content (AvgIpc) is 3.84. The minimum absolute atomic E-state index is 0.0465. The lowest BCUT2D eigenvalue weighted by Crippen LogP contribution is -2.52. The third kappa shape index (κ3) is 6.06. The van der Waals surface area contributed by atoms with Crippen LogP contribution in [0.4, 0.5) is 17.1 Å². The zero-order chi connectivity index (χ0) is 42.2. The monoisotopic (exact) mass is 827 g/mol. The number of aliphatic hydroxyl groups is 1. The number of carbonyl (C=O) groups is 3. The van der Waals surface area contributed by atoms with Gasteiger partial charge < -0.3 is 24.4 Å². The van der Waals surface area contributed by atoms with E-state index in [-0.39, 0.29) is 48.3 Å². The molecule has 9 nitrogen and oxygen atoms in total. The Balaban J connectivity index is 1.11. The molecule has 0 aliphatic carbocycles. The van der Waals surface area contributed by atoms with Gasteiger partial charge in [0.05, 0.1) is 63.8 Å². The van der Waals surface area contributed by atoms with Crippen molar-refractivity contribution >= 4 is 58.8 Å². The molecule has 5 atom stereocenters. The SMILES string of the molecule is COc1ccc([Si](C)(C)[C@@H]2[C@@H](CC(=O)N3Cc4ccccc4C[C@H]3CO)O[C@]3(C(=O)N(Cc4ccccc4)c4ccc(N5C(=O)c6cccc7cccc5c67)cc43)[C@H]2C)cc1. The van der Waals surface area contributed by atoms with Crippen LogP contribution in [0.1, 0.15) is 46.0 Å². The van der Waals surface area contributed by atoms with Crippen LogP contribution in [0.15, 0.2) is 133 Å². The maximum absolute atomic E-state index is 15.7. The lowest BCUT2D eigenvalue weighted by Gasteiger charge is -2.39. The molecule has 1 N–H and O–H groups in total. The highest BCUT2D eigenvalue weighted by Crippen LogP contribution is 2.61. The van der Waals surface area contributed by atoms with Crippen LogP contribution in [0.2, 0.25) is 18.6 Å². The van der Waals surface area contributed by atoms with E-state index in [0.29, 0.717) is 36.3 Å².